The molecular formula is C26H31F2N7. The number of hydrogen-bond acceptors (Lipinski definition) is 5. The molecule has 2 aromatic heterocycles. The molecule has 4 rings (SSSR count). The third-order valence-electron chi connectivity index (χ3n) is 5.86. The van der Waals surface area contributed by atoms with Gasteiger partial charge in [0.2, 0.25) is 11.6 Å². The minimum atomic E-state index is -3.01. The topological polar surface area (TPSA) is 85.2 Å². The SMILES string of the molecule is CCCCC(F)(F)c1nc(CC(C)C)n(Cc2ccc(Cc3ccccc3-c3nn[nH]n3)cc2)n1. The molecule has 0 saturated heterocycles. The molecule has 0 unspecified atom stereocenters. The summed E-state index contributed by atoms with van der Waals surface area (Å²) in [6, 6.07) is 16.1. The van der Waals surface area contributed by atoms with Crippen LogP contribution in [0.5, 0.6) is 0 Å². The maximum atomic E-state index is 14.7. The quantitative estimate of drug-likeness (QED) is 0.304. The highest BCUT2D eigenvalue weighted by atomic mass is 19.3. The number of alkyl halides is 2. The van der Waals surface area contributed by atoms with Crippen molar-refractivity contribution in [3.63, 3.8) is 0 Å². The standard InChI is InChI=1S/C26H31F2N7/c1-4-5-14-26(27,28)25-29-23(15-18(2)3)35(32-25)17-20-12-10-19(11-13-20)16-21-8-6-7-9-22(21)24-30-33-34-31-24/h6-13,18H,4-5,14-17H2,1-3H3,(H,30,31,33,34). The van der Waals surface area contributed by atoms with Gasteiger partial charge < -0.3 is 0 Å². The van der Waals surface area contributed by atoms with Gasteiger partial charge in [-0.1, -0.05) is 75.7 Å². The molecule has 4 aromatic rings. The number of tetrazole rings is 1. The molecule has 2 aromatic carbocycles. The fourth-order valence-corrected chi connectivity index (χ4v) is 4.01. The van der Waals surface area contributed by atoms with Crippen LogP contribution in [0.3, 0.4) is 0 Å². The van der Waals surface area contributed by atoms with Gasteiger partial charge in [0.05, 0.1) is 6.54 Å². The van der Waals surface area contributed by atoms with Crippen LogP contribution in [0, 0.1) is 5.92 Å². The van der Waals surface area contributed by atoms with Gasteiger partial charge in [-0.2, -0.15) is 14.0 Å². The van der Waals surface area contributed by atoms with Crippen molar-refractivity contribution in [2.75, 3.05) is 0 Å². The maximum Gasteiger partial charge on any atom is 0.308 e. The average Bonchev–Trinajstić information content (AvgIpc) is 3.50. The predicted molar refractivity (Wildman–Crippen MR) is 130 cm³/mol. The second-order valence-electron chi connectivity index (χ2n) is 9.30. The number of rotatable bonds is 11. The van der Waals surface area contributed by atoms with Crippen molar-refractivity contribution < 1.29 is 8.78 Å². The Morgan fingerprint density at radius 1 is 1.03 bits per heavy atom. The Bertz CT molecular complexity index is 1210. The first-order valence-electron chi connectivity index (χ1n) is 12.1. The lowest BCUT2D eigenvalue weighted by Gasteiger charge is -2.11. The number of nitrogens with one attached hydrogen (secondary N) is 1. The van der Waals surface area contributed by atoms with Crippen LogP contribution in [0.1, 0.15) is 68.4 Å². The van der Waals surface area contributed by atoms with E-state index in [0.717, 1.165) is 22.3 Å². The fourth-order valence-electron chi connectivity index (χ4n) is 4.01. The first-order chi connectivity index (χ1) is 16.9. The number of halogens is 2. The van der Waals surface area contributed by atoms with E-state index in [9.17, 15) is 8.78 Å². The molecule has 0 aliphatic rings. The van der Waals surface area contributed by atoms with Crippen LogP contribution in [0.25, 0.3) is 11.4 Å². The van der Waals surface area contributed by atoms with Crippen LogP contribution in [0.4, 0.5) is 8.78 Å². The second kappa shape index (κ2) is 10.8. The molecule has 0 saturated carbocycles. The third-order valence-corrected chi connectivity index (χ3v) is 5.86. The molecule has 0 spiro atoms. The Hall–Kier alpha value is -3.49. The van der Waals surface area contributed by atoms with Crippen LogP contribution in [0.15, 0.2) is 48.5 Å². The van der Waals surface area contributed by atoms with Crippen LogP contribution in [-0.4, -0.2) is 35.4 Å². The number of unbranched alkanes of at least 4 members (excludes halogenated alkanes) is 1. The second-order valence-corrected chi connectivity index (χ2v) is 9.30. The zero-order chi connectivity index (χ0) is 24.8. The fraction of sp³-hybridized carbons (Fsp3) is 0.423. The Morgan fingerprint density at radius 2 is 1.77 bits per heavy atom. The highest BCUT2D eigenvalue weighted by Crippen LogP contribution is 2.31. The predicted octanol–water partition coefficient (Wildman–Crippen LogP) is 5.58. The first-order valence-corrected chi connectivity index (χ1v) is 12.1. The number of hydrogen-bond donors (Lipinski definition) is 1. The van der Waals surface area contributed by atoms with E-state index < -0.39 is 5.92 Å². The molecule has 0 fully saturated rings. The Balaban J connectivity index is 1.52. The molecule has 2 heterocycles. The van der Waals surface area contributed by atoms with Crippen molar-refractivity contribution in [3.8, 4) is 11.4 Å². The van der Waals surface area contributed by atoms with Gasteiger partial charge in [-0.3, -0.25) is 0 Å². The summed E-state index contributed by atoms with van der Waals surface area (Å²) in [4.78, 5) is 4.26. The molecule has 0 amide bonds. The van der Waals surface area contributed by atoms with E-state index in [1.165, 1.54) is 0 Å². The van der Waals surface area contributed by atoms with E-state index in [0.29, 0.717) is 43.9 Å². The number of nitrogens with zero attached hydrogens (tertiary/aromatic N) is 6. The molecule has 35 heavy (non-hydrogen) atoms. The molecule has 184 valence electrons. The monoisotopic (exact) mass is 479 g/mol. The first kappa shape index (κ1) is 24.6. The van der Waals surface area contributed by atoms with E-state index in [1.807, 2.05) is 43.3 Å². The minimum absolute atomic E-state index is 0.228. The molecule has 0 bridgehead atoms. The highest BCUT2D eigenvalue weighted by Gasteiger charge is 2.36. The lowest BCUT2D eigenvalue weighted by molar-refractivity contribution is -0.0245. The van der Waals surface area contributed by atoms with Crippen molar-refractivity contribution in [2.45, 2.75) is 65.3 Å². The van der Waals surface area contributed by atoms with Crippen molar-refractivity contribution in [3.05, 3.63) is 76.9 Å². The van der Waals surface area contributed by atoms with Crippen LogP contribution < -0.4 is 0 Å². The smallest absolute Gasteiger partial charge is 0.245 e. The number of benzene rings is 2. The average molecular weight is 480 g/mol. The molecule has 0 aliphatic heterocycles. The van der Waals surface area contributed by atoms with Gasteiger partial charge in [0, 0.05) is 18.4 Å². The zero-order valence-corrected chi connectivity index (χ0v) is 20.4. The zero-order valence-electron chi connectivity index (χ0n) is 20.4. The summed E-state index contributed by atoms with van der Waals surface area (Å²) >= 11 is 0. The molecule has 0 radical (unpaired) electrons. The molecular weight excluding hydrogens is 448 g/mol. The van der Waals surface area contributed by atoms with E-state index >= 15 is 0 Å². The van der Waals surface area contributed by atoms with Gasteiger partial charge in [-0.05, 0) is 40.7 Å². The lowest BCUT2D eigenvalue weighted by atomic mass is 9.98. The highest BCUT2D eigenvalue weighted by molar-refractivity contribution is 5.60. The van der Waals surface area contributed by atoms with Crippen molar-refractivity contribution in [1.29, 1.82) is 0 Å². The lowest BCUT2D eigenvalue weighted by Crippen LogP contribution is -2.16. The van der Waals surface area contributed by atoms with E-state index in [1.54, 1.807) is 4.68 Å². The largest absolute Gasteiger partial charge is 0.308 e. The summed E-state index contributed by atoms with van der Waals surface area (Å²) in [5.41, 5.74) is 4.13. The molecule has 7 nitrogen and oxygen atoms in total. The number of aromatic amines is 1. The molecule has 0 aliphatic carbocycles. The van der Waals surface area contributed by atoms with Crippen LogP contribution in [0.2, 0.25) is 0 Å². The minimum Gasteiger partial charge on any atom is -0.245 e. The van der Waals surface area contributed by atoms with Gasteiger partial charge in [-0.25, -0.2) is 9.67 Å². The van der Waals surface area contributed by atoms with Crippen LogP contribution >= 0.6 is 0 Å². The summed E-state index contributed by atoms with van der Waals surface area (Å²) < 4.78 is 30.9. The Labute approximate surface area is 204 Å². The Kier molecular flexibility index (Phi) is 7.63. The molecule has 0 atom stereocenters. The summed E-state index contributed by atoms with van der Waals surface area (Å²) in [6.45, 7) is 6.41. The van der Waals surface area contributed by atoms with Crippen molar-refractivity contribution in [2.24, 2.45) is 5.92 Å². The third kappa shape index (κ3) is 6.15. The number of H-pyrrole nitrogens is 1. The van der Waals surface area contributed by atoms with Crippen molar-refractivity contribution >= 4 is 0 Å². The Morgan fingerprint density at radius 3 is 2.46 bits per heavy atom. The van der Waals surface area contributed by atoms with Crippen molar-refractivity contribution in [1.82, 2.24) is 35.4 Å². The van der Waals surface area contributed by atoms with Crippen LogP contribution in [-0.2, 0) is 25.3 Å². The summed E-state index contributed by atoms with van der Waals surface area (Å²) in [5, 5.41) is 18.6. The molecule has 9 heteroatoms. The normalized spacial score (nSPS) is 11.9. The van der Waals surface area contributed by atoms with E-state index in [2.05, 4.69) is 56.7 Å². The van der Waals surface area contributed by atoms with Gasteiger partial charge in [0.15, 0.2) is 0 Å². The van der Waals surface area contributed by atoms with E-state index in [4.69, 9.17) is 0 Å². The summed E-state index contributed by atoms with van der Waals surface area (Å²) in [5.74, 6) is -1.92. The number of aromatic nitrogens is 7. The summed E-state index contributed by atoms with van der Waals surface area (Å²) in [6.07, 6.45) is 2.23. The summed E-state index contributed by atoms with van der Waals surface area (Å²) in [7, 11) is 0. The maximum absolute atomic E-state index is 14.7. The van der Waals surface area contributed by atoms with Gasteiger partial charge in [0.25, 0.3) is 0 Å². The molecule has 1 N–H and O–H groups in total. The van der Waals surface area contributed by atoms with Gasteiger partial charge >= 0.3 is 5.92 Å². The van der Waals surface area contributed by atoms with Gasteiger partial charge in [0.1, 0.15) is 5.82 Å². The van der Waals surface area contributed by atoms with Gasteiger partial charge in [-0.15, -0.1) is 15.3 Å². The van der Waals surface area contributed by atoms with E-state index in [-0.39, 0.29) is 18.2 Å².